The Balaban J connectivity index is 3.06. The third-order valence-corrected chi connectivity index (χ3v) is 1.64. The first-order valence-corrected chi connectivity index (χ1v) is 3.44. The van der Waals surface area contributed by atoms with Gasteiger partial charge in [-0.05, 0) is 12.1 Å². The van der Waals surface area contributed by atoms with E-state index >= 15 is 0 Å². The first-order chi connectivity index (χ1) is 5.55. The molecule has 64 valence electrons. The number of alkyl halides is 1. The van der Waals surface area contributed by atoms with Gasteiger partial charge in [0, 0.05) is 6.92 Å². The van der Waals surface area contributed by atoms with E-state index < -0.39 is 10.7 Å². The molecule has 4 heteroatoms. The molecule has 0 spiro atoms. The fourth-order valence-corrected chi connectivity index (χ4v) is 0.848. The van der Waals surface area contributed by atoms with Crippen LogP contribution in [-0.4, -0.2) is 4.92 Å². The second-order valence-corrected chi connectivity index (χ2v) is 2.58. The molecule has 0 fully saturated rings. The fraction of sp³-hybridized carbons (Fsp3) is 0.250. The molecule has 0 aliphatic heterocycles. The number of nitro groups is 1. The Morgan fingerprint density at radius 1 is 1.42 bits per heavy atom. The van der Waals surface area contributed by atoms with Gasteiger partial charge < -0.3 is 0 Å². The summed E-state index contributed by atoms with van der Waals surface area (Å²) in [5.74, 6) is -2.48. The smallest absolute Gasteiger partial charge is 0.261 e. The highest BCUT2D eigenvalue weighted by molar-refractivity contribution is 5.18. The summed E-state index contributed by atoms with van der Waals surface area (Å²) in [6.07, 6.45) is 0. The van der Waals surface area contributed by atoms with Crippen molar-refractivity contribution in [2.75, 3.05) is 0 Å². The number of benzene rings is 1. The highest BCUT2D eigenvalue weighted by atomic mass is 19.1. The fourth-order valence-electron chi connectivity index (χ4n) is 0.848. The minimum Gasteiger partial charge on any atom is -0.261 e. The molecule has 0 saturated carbocycles. The lowest BCUT2D eigenvalue weighted by Crippen LogP contribution is -2.25. The Hall–Kier alpha value is -1.45. The van der Waals surface area contributed by atoms with Crippen molar-refractivity contribution >= 4 is 0 Å². The highest BCUT2D eigenvalue weighted by Gasteiger charge is 2.38. The first kappa shape index (κ1) is 8.64. The normalized spacial score (nSPS) is 15.2. The van der Waals surface area contributed by atoms with Crippen molar-refractivity contribution in [2.45, 2.75) is 12.7 Å². The summed E-state index contributed by atoms with van der Waals surface area (Å²) in [7, 11) is 0. The molecule has 1 aromatic rings. The van der Waals surface area contributed by atoms with E-state index in [4.69, 9.17) is 0 Å². The van der Waals surface area contributed by atoms with E-state index in [9.17, 15) is 14.5 Å². The van der Waals surface area contributed by atoms with Crippen molar-refractivity contribution in [2.24, 2.45) is 0 Å². The number of nitrogens with zero attached hydrogens (tertiary/aromatic N) is 1. The average molecular weight is 169 g/mol. The minimum atomic E-state index is -2.48. The van der Waals surface area contributed by atoms with E-state index in [-0.39, 0.29) is 5.56 Å². The van der Waals surface area contributed by atoms with Crippen LogP contribution in [0.2, 0.25) is 0 Å². The van der Waals surface area contributed by atoms with Crippen LogP contribution in [0.1, 0.15) is 12.5 Å². The van der Waals surface area contributed by atoms with Gasteiger partial charge in [-0.25, -0.2) is 0 Å². The number of hydrogen-bond donors (Lipinski definition) is 0. The molecule has 1 aromatic carbocycles. The maximum atomic E-state index is 13.2. The van der Waals surface area contributed by atoms with Gasteiger partial charge in [0.15, 0.2) is 0 Å². The van der Waals surface area contributed by atoms with E-state index in [1.54, 1.807) is 18.2 Å². The summed E-state index contributed by atoms with van der Waals surface area (Å²) in [5.41, 5.74) is 0.0648. The van der Waals surface area contributed by atoms with Gasteiger partial charge in [-0.3, -0.25) is 10.1 Å². The van der Waals surface area contributed by atoms with Crippen molar-refractivity contribution in [3.05, 3.63) is 46.0 Å². The summed E-state index contributed by atoms with van der Waals surface area (Å²) < 4.78 is 13.2. The van der Waals surface area contributed by atoms with Crippen LogP contribution in [0, 0.1) is 10.1 Å². The van der Waals surface area contributed by atoms with Crippen molar-refractivity contribution in [3.8, 4) is 0 Å². The van der Waals surface area contributed by atoms with Crippen LogP contribution in [0.3, 0.4) is 0 Å². The van der Waals surface area contributed by atoms with Crippen molar-refractivity contribution in [1.82, 2.24) is 0 Å². The molecule has 0 saturated heterocycles. The Bertz CT molecular complexity index is 284. The first-order valence-electron chi connectivity index (χ1n) is 3.44. The zero-order chi connectivity index (χ0) is 9.19. The third kappa shape index (κ3) is 1.42. The molecule has 0 radical (unpaired) electrons. The molecule has 12 heavy (non-hydrogen) atoms. The highest BCUT2D eigenvalue weighted by Crippen LogP contribution is 2.24. The predicted octanol–water partition coefficient (Wildman–Crippen LogP) is 2.11. The third-order valence-electron chi connectivity index (χ3n) is 1.64. The number of hydrogen-bond acceptors (Lipinski definition) is 2. The molecule has 0 N–H and O–H groups in total. The summed E-state index contributed by atoms with van der Waals surface area (Å²) in [6.45, 7) is 0.933. The van der Waals surface area contributed by atoms with Crippen LogP contribution in [0.5, 0.6) is 0 Å². The van der Waals surface area contributed by atoms with Gasteiger partial charge in [0.2, 0.25) is 0 Å². The van der Waals surface area contributed by atoms with E-state index in [2.05, 4.69) is 0 Å². The molecule has 0 amide bonds. The molecular formula is C8H8FNO2. The Labute approximate surface area is 69.0 Å². The quantitative estimate of drug-likeness (QED) is 0.386. The van der Waals surface area contributed by atoms with Crippen LogP contribution in [-0.2, 0) is 5.79 Å². The Morgan fingerprint density at radius 2 is 1.92 bits per heavy atom. The zero-order valence-corrected chi connectivity index (χ0v) is 6.53. The van der Waals surface area contributed by atoms with Gasteiger partial charge in [0.1, 0.15) is 0 Å². The second-order valence-electron chi connectivity index (χ2n) is 2.58. The van der Waals surface area contributed by atoms with Crippen LogP contribution >= 0.6 is 0 Å². The van der Waals surface area contributed by atoms with Crippen molar-refractivity contribution in [1.29, 1.82) is 0 Å². The molecule has 0 aromatic heterocycles. The van der Waals surface area contributed by atoms with Crippen molar-refractivity contribution in [3.63, 3.8) is 0 Å². The van der Waals surface area contributed by atoms with Gasteiger partial charge >= 0.3 is 5.79 Å². The maximum absolute atomic E-state index is 13.2. The predicted molar refractivity (Wildman–Crippen MR) is 41.9 cm³/mol. The molecule has 3 nitrogen and oxygen atoms in total. The summed E-state index contributed by atoms with van der Waals surface area (Å²) in [6, 6.07) is 7.60. The number of halogens is 1. The lowest BCUT2D eigenvalue weighted by atomic mass is 10.1. The Morgan fingerprint density at radius 3 is 2.33 bits per heavy atom. The summed E-state index contributed by atoms with van der Waals surface area (Å²) in [5, 5.41) is 10.3. The average Bonchev–Trinajstić information content (AvgIpc) is 2.06. The molecule has 0 heterocycles. The van der Waals surface area contributed by atoms with Gasteiger partial charge in [0.25, 0.3) is 0 Å². The maximum Gasteiger partial charge on any atom is 0.382 e. The molecule has 1 unspecified atom stereocenters. The minimum absolute atomic E-state index is 0.0648. The standard InChI is InChI=1S/C8H8FNO2/c1-8(9,10(11)12)7-5-3-2-4-6-7/h2-6H,1H3. The van der Waals surface area contributed by atoms with Gasteiger partial charge in [-0.15, -0.1) is 0 Å². The summed E-state index contributed by atoms with van der Waals surface area (Å²) >= 11 is 0. The lowest BCUT2D eigenvalue weighted by Gasteiger charge is -2.10. The molecular weight excluding hydrogens is 161 g/mol. The zero-order valence-electron chi connectivity index (χ0n) is 6.53. The largest absolute Gasteiger partial charge is 0.382 e. The van der Waals surface area contributed by atoms with E-state index in [0.717, 1.165) is 6.92 Å². The molecule has 1 atom stereocenters. The van der Waals surface area contributed by atoms with E-state index in [1.807, 2.05) is 0 Å². The van der Waals surface area contributed by atoms with Crippen LogP contribution in [0.4, 0.5) is 4.39 Å². The lowest BCUT2D eigenvalue weighted by molar-refractivity contribution is -0.611. The monoisotopic (exact) mass is 169 g/mol. The molecule has 1 rings (SSSR count). The summed E-state index contributed by atoms with van der Waals surface area (Å²) in [4.78, 5) is 9.31. The Kier molecular flexibility index (Phi) is 2.08. The van der Waals surface area contributed by atoms with Crippen LogP contribution < -0.4 is 0 Å². The van der Waals surface area contributed by atoms with E-state index in [0.29, 0.717) is 0 Å². The molecule has 0 aliphatic rings. The van der Waals surface area contributed by atoms with Gasteiger partial charge in [-0.1, -0.05) is 18.2 Å². The van der Waals surface area contributed by atoms with Gasteiger partial charge in [0.05, 0.1) is 10.5 Å². The SMILES string of the molecule is CC(F)(c1ccccc1)[N+](=O)[O-]. The van der Waals surface area contributed by atoms with Crippen LogP contribution in [0.25, 0.3) is 0 Å². The topological polar surface area (TPSA) is 43.1 Å². The molecule has 0 bridgehead atoms. The van der Waals surface area contributed by atoms with Crippen LogP contribution in [0.15, 0.2) is 30.3 Å². The molecule has 0 aliphatic carbocycles. The van der Waals surface area contributed by atoms with E-state index in [1.165, 1.54) is 12.1 Å². The second kappa shape index (κ2) is 2.89. The van der Waals surface area contributed by atoms with Crippen molar-refractivity contribution < 1.29 is 9.31 Å². The number of rotatable bonds is 2. The van der Waals surface area contributed by atoms with Gasteiger partial charge in [-0.2, -0.15) is 4.39 Å².